The van der Waals surface area contributed by atoms with Crippen molar-refractivity contribution in [1.82, 2.24) is 4.90 Å². The first kappa shape index (κ1) is 17.2. The summed E-state index contributed by atoms with van der Waals surface area (Å²) < 4.78 is 0. The molecule has 0 aromatic rings. The number of hydrogen-bond acceptors (Lipinski definition) is 2. The lowest BCUT2D eigenvalue weighted by Gasteiger charge is -2.55. The molecule has 0 unspecified atom stereocenters. The molecule has 2 fully saturated rings. The fourth-order valence-electron chi connectivity index (χ4n) is 4.41. The SMILES string of the molecule is C.CC(=O)CC1C(C)(C)CC(N2CCC2=O)CC1(C)C. The minimum atomic E-state index is 0. The molecule has 0 bridgehead atoms. The highest BCUT2D eigenvalue weighted by Gasteiger charge is 2.50. The molecular weight excluding hydrogens is 250 g/mol. The smallest absolute Gasteiger partial charge is 0.224 e. The highest BCUT2D eigenvalue weighted by atomic mass is 16.2. The summed E-state index contributed by atoms with van der Waals surface area (Å²) >= 11 is 0. The topological polar surface area (TPSA) is 37.4 Å². The van der Waals surface area contributed by atoms with Crippen molar-refractivity contribution < 1.29 is 9.59 Å². The Hall–Kier alpha value is -0.860. The number of β-lactam (4-membered cyclic amide) rings is 1. The van der Waals surface area contributed by atoms with E-state index in [0.29, 0.717) is 30.7 Å². The lowest BCUT2D eigenvalue weighted by molar-refractivity contribution is -0.150. The first-order valence-corrected chi connectivity index (χ1v) is 7.42. The Labute approximate surface area is 124 Å². The van der Waals surface area contributed by atoms with Gasteiger partial charge in [-0.3, -0.25) is 4.79 Å². The van der Waals surface area contributed by atoms with Gasteiger partial charge in [-0.15, -0.1) is 0 Å². The van der Waals surface area contributed by atoms with Gasteiger partial charge in [0.1, 0.15) is 5.78 Å². The van der Waals surface area contributed by atoms with Gasteiger partial charge in [-0.2, -0.15) is 0 Å². The largest absolute Gasteiger partial charge is 0.339 e. The van der Waals surface area contributed by atoms with Crippen LogP contribution < -0.4 is 0 Å². The third-order valence-electron chi connectivity index (χ3n) is 5.23. The fourth-order valence-corrected chi connectivity index (χ4v) is 4.41. The average Bonchev–Trinajstić information content (AvgIpc) is 2.20. The quantitative estimate of drug-likeness (QED) is 0.740. The molecule has 1 heterocycles. The molecule has 3 heteroatoms. The zero-order valence-corrected chi connectivity index (χ0v) is 13.0. The number of hydrogen-bond donors (Lipinski definition) is 0. The normalized spacial score (nSPS) is 31.2. The number of nitrogens with zero attached hydrogens (tertiary/aromatic N) is 1. The van der Waals surface area contributed by atoms with Crippen molar-refractivity contribution in [2.24, 2.45) is 16.7 Å². The number of Topliss-reactive ketones (excluding diaryl/α,β-unsaturated/α-hetero) is 1. The van der Waals surface area contributed by atoms with E-state index in [2.05, 4.69) is 27.7 Å². The molecule has 1 amide bonds. The maximum atomic E-state index is 11.7. The highest BCUT2D eigenvalue weighted by molar-refractivity contribution is 5.82. The maximum absolute atomic E-state index is 11.7. The lowest BCUT2D eigenvalue weighted by atomic mass is 9.54. The first-order chi connectivity index (χ1) is 8.63. The van der Waals surface area contributed by atoms with Crippen molar-refractivity contribution in [3.8, 4) is 0 Å². The monoisotopic (exact) mass is 281 g/mol. The molecule has 3 nitrogen and oxygen atoms in total. The van der Waals surface area contributed by atoms with Gasteiger partial charge >= 0.3 is 0 Å². The van der Waals surface area contributed by atoms with Crippen LogP contribution in [0, 0.1) is 16.7 Å². The molecule has 1 aliphatic heterocycles. The van der Waals surface area contributed by atoms with Gasteiger partial charge in [-0.25, -0.2) is 0 Å². The molecule has 0 atom stereocenters. The van der Waals surface area contributed by atoms with E-state index in [-0.39, 0.29) is 24.0 Å². The predicted octanol–water partition coefficient (Wildman–Crippen LogP) is 3.66. The second-order valence-electron chi connectivity index (χ2n) is 7.84. The van der Waals surface area contributed by atoms with Gasteiger partial charge in [-0.1, -0.05) is 35.1 Å². The van der Waals surface area contributed by atoms with Crippen LogP contribution in [0.4, 0.5) is 0 Å². The lowest BCUT2D eigenvalue weighted by Crippen LogP contribution is -2.57. The van der Waals surface area contributed by atoms with Crippen molar-refractivity contribution in [1.29, 1.82) is 0 Å². The fraction of sp³-hybridized carbons (Fsp3) is 0.882. The van der Waals surface area contributed by atoms with Crippen LogP contribution in [0.5, 0.6) is 0 Å². The Kier molecular flexibility index (Phi) is 4.72. The molecular formula is C17H31NO2. The van der Waals surface area contributed by atoms with Crippen molar-refractivity contribution in [3.63, 3.8) is 0 Å². The van der Waals surface area contributed by atoms with Gasteiger partial charge in [-0.05, 0) is 36.5 Å². The van der Waals surface area contributed by atoms with E-state index in [4.69, 9.17) is 0 Å². The van der Waals surface area contributed by atoms with E-state index in [1.165, 1.54) is 0 Å². The Morgan fingerprint density at radius 1 is 1.20 bits per heavy atom. The molecule has 20 heavy (non-hydrogen) atoms. The van der Waals surface area contributed by atoms with E-state index in [0.717, 1.165) is 19.4 Å². The number of ketones is 1. The summed E-state index contributed by atoms with van der Waals surface area (Å²) in [7, 11) is 0. The minimum Gasteiger partial charge on any atom is -0.339 e. The van der Waals surface area contributed by atoms with Crippen LogP contribution in [-0.2, 0) is 9.59 Å². The summed E-state index contributed by atoms with van der Waals surface area (Å²) in [5.41, 5.74) is 0.238. The minimum absolute atomic E-state index is 0. The van der Waals surface area contributed by atoms with Crippen LogP contribution in [0.25, 0.3) is 0 Å². The predicted molar refractivity (Wildman–Crippen MR) is 82.4 cm³/mol. The molecule has 1 aliphatic carbocycles. The summed E-state index contributed by atoms with van der Waals surface area (Å²) in [6.45, 7) is 11.7. The molecule has 0 aromatic carbocycles. The van der Waals surface area contributed by atoms with Gasteiger partial charge in [0.2, 0.25) is 5.91 Å². The Bertz CT molecular complexity index is 380. The molecule has 0 radical (unpaired) electrons. The van der Waals surface area contributed by atoms with E-state index < -0.39 is 0 Å². The van der Waals surface area contributed by atoms with E-state index in [1.54, 1.807) is 6.92 Å². The molecule has 0 spiro atoms. The second kappa shape index (κ2) is 5.50. The van der Waals surface area contributed by atoms with Gasteiger partial charge in [0.15, 0.2) is 0 Å². The molecule has 1 saturated heterocycles. The van der Waals surface area contributed by atoms with Gasteiger partial charge in [0, 0.05) is 25.4 Å². The number of carbonyl (C=O) groups excluding carboxylic acids is 2. The molecule has 2 rings (SSSR count). The van der Waals surface area contributed by atoms with Crippen LogP contribution in [0.2, 0.25) is 0 Å². The van der Waals surface area contributed by atoms with Crippen LogP contribution in [0.15, 0.2) is 0 Å². The molecule has 0 N–H and O–H groups in total. The molecule has 1 saturated carbocycles. The molecule has 0 aromatic heterocycles. The number of amides is 1. The van der Waals surface area contributed by atoms with Crippen LogP contribution in [0.1, 0.15) is 67.7 Å². The standard InChI is InChI=1S/C16H27NO2.CH4/c1-11(18)8-13-15(2,3)9-12(10-16(13,4)5)17-7-6-14(17)19;/h12-13H,6-10H2,1-5H3;1H4. The highest BCUT2D eigenvalue weighted by Crippen LogP contribution is 2.53. The average molecular weight is 281 g/mol. The number of likely N-dealkylation sites (tertiary alicyclic amines) is 1. The Morgan fingerprint density at radius 3 is 2.00 bits per heavy atom. The summed E-state index contributed by atoms with van der Waals surface area (Å²) in [5.74, 6) is 0.997. The third-order valence-corrected chi connectivity index (χ3v) is 5.23. The third kappa shape index (κ3) is 3.07. The molecule has 2 aliphatic rings. The Balaban J connectivity index is 0.00000200. The molecule has 116 valence electrons. The summed E-state index contributed by atoms with van der Waals surface area (Å²) in [6, 6.07) is 0.370. The van der Waals surface area contributed by atoms with Crippen molar-refractivity contribution >= 4 is 11.7 Å². The second-order valence-corrected chi connectivity index (χ2v) is 7.84. The summed E-state index contributed by atoms with van der Waals surface area (Å²) in [4.78, 5) is 25.3. The van der Waals surface area contributed by atoms with Crippen molar-refractivity contribution in [3.05, 3.63) is 0 Å². The van der Waals surface area contributed by atoms with Crippen LogP contribution >= 0.6 is 0 Å². The zero-order valence-electron chi connectivity index (χ0n) is 13.0. The van der Waals surface area contributed by atoms with Gasteiger partial charge in [0.25, 0.3) is 0 Å². The summed E-state index contributed by atoms with van der Waals surface area (Å²) in [5, 5.41) is 0. The van der Waals surface area contributed by atoms with E-state index in [9.17, 15) is 9.59 Å². The number of carbonyl (C=O) groups is 2. The van der Waals surface area contributed by atoms with E-state index >= 15 is 0 Å². The first-order valence-electron chi connectivity index (χ1n) is 7.42. The van der Waals surface area contributed by atoms with Crippen molar-refractivity contribution in [2.45, 2.75) is 73.8 Å². The van der Waals surface area contributed by atoms with Gasteiger partial charge < -0.3 is 9.69 Å². The van der Waals surface area contributed by atoms with Gasteiger partial charge in [0.05, 0.1) is 0 Å². The van der Waals surface area contributed by atoms with Crippen LogP contribution in [0.3, 0.4) is 0 Å². The van der Waals surface area contributed by atoms with E-state index in [1.807, 2.05) is 4.90 Å². The summed E-state index contributed by atoms with van der Waals surface area (Å²) in [6.07, 6.45) is 3.44. The Morgan fingerprint density at radius 2 is 1.70 bits per heavy atom. The van der Waals surface area contributed by atoms with Crippen molar-refractivity contribution in [2.75, 3.05) is 6.54 Å². The number of rotatable bonds is 3. The maximum Gasteiger partial charge on any atom is 0.224 e. The zero-order chi connectivity index (χ0) is 14.4. The van der Waals surface area contributed by atoms with Crippen LogP contribution in [-0.4, -0.2) is 29.2 Å².